The highest BCUT2D eigenvalue weighted by atomic mass is 35.5. The molecule has 114 valence electrons. The first kappa shape index (κ1) is 15.6. The zero-order chi connectivity index (χ0) is 15.8. The lowest BCUT2D eigenvalue weighted by atomic mass is 9.86. The van der Waals surface area contributed by atoms with Crippen molar-refractivity contribution in [2.75, 3.05) is 13.1 Å². The summed E-state index contributed by atoms with van der Waals surface area (Å²) >= 11 is 5.61. The van der Waals surface area contributed by atoms with Gasteiger partial charge < -0.3 is 10.0 Å². The molecule has 21 heavy (non-hydrogen) atoms. The number of carbonyl (C=O) groups is 2. The third kappa shape index (κ3) is 2.67. The molecule has 1 aliphatic heterocycles. The number of alkyl halides is 3. The third-order valence-corrected chi connectivity index (χ3v) is 3.68. The van der Waals surface area contributed by atoms with Gasteiger partial charge in [-0.15, -0.1) is 0 Å². The second-order valence-corrected chi connectivity index (χ2v) is 5.16. The zero-order valence-electron chi connectivity index (χ0n) is 10.5. The van der Waals surface area contributed by atoms with E-state index in [0.717, 1.165) is 4.90 Å². The molecule has 1 aliphatic rings. The van der Waals surface area contributed by atoms with Crippen molar-refractivity contribution in [3.63, 3.8) is 0 Å². The SMILES string of the molecule is O=C(c1ccc(Cl)cn1)N1CCC(C(=O)O)(C(F)(F)F)C1. The van der Waals surface area contributed by atoms with Crippen LogP contribution in [0.3, 0.4) is 0 Å². The van der Waals surface area contributed by atoms with Crippen molar-refractivity contribution in [3.8, 4) is 0 Å². The normalized spacial score (nSPS) is 22.4. The van der Waals surface area contributed by atoms with Crippen molar-refractivity contribution in [3.05, 3.63) is 29.0 Å². The molecular formula is C12H10ClF3N2O3. The Balaban J connectivity index is 2.23. The fourth-order valence-corrected chi connectivity index (χ4v) is 2.29. The average Bonchev–Trinajstić information content (AvgIpc) is 2.84. The van der Waals surface area contributed by atoms with Crippen LogP contribution in [0.1, 0.15) is 16.9 Å². The lowest BCUT2D eigenvalue weighted by Crippen LogP contribution is -2.47. The minimum absolute atomic E-state index is 0.0808. The first-order valence-electron chi connectivity index (χ1n) is 5.88. The van der Waals surface area contributed by atoms with E-state index in [1.807, 2.05) is 0 Å². The summed E-state index contributed by atoms with van der Waals surface area (Å²) < 4.78 is 39.0. The van der Waals surface area contributed by atoms with Crippen molar-refractivity contribution < 1.29 is 27.9 Å². The van der Waals surface area contributed by atoms with Crippen molar-refractivity contribution in [1.82, 2.24) is 9.88 Å². The minimum Gasteiger partial charge on any atom is -0.481 e. The van der Waals surface area contributed by atoms with Gasteiger partial charge in [-0.2, -0.15) is 13.2 Å². The van der Waals surface area contributed by atoms with Crippen LogP contribution in [0.5, 0.6) is 0 Å². The van der Waals surface area contributed by atoms with Gasteiger partial charge in [0, 0.05) is 19.3 Å². The summed E-state index contributed by atoms with van der Waals surface area (Å²) in [4.78, 5) is 27.7. The largest absolute Gasteiger partial charge is 0.481 e. The molecule has 0 radical (unpaired) electrons. The van der Waals surface area contributed by atoms with Gasteiger partial charge in [0.15, 0.2) is 5.41 Å². The molecule has 9 heteroatoms. The van der Waals surface area contributed by atoms with E-state index in [0.29, 0.717) is 0 Å². The quantitative estimate of drug-likeness (QED) is 0.906. The summed E-state index contributed by atoms with van der Waals surface area (Å²) in [5.41, 5.74) is -3.00. The van der Waals surface area contributed by atoms with Gasteiger partial charge in [-0.05, 0) is 18.6 Å². The van der Waals surface area contributed by atoms with E-state index in [4.69, 9.17) is 16.7 Å². The van der Waals surface area contributed by atoms with Crippen LogP contribution in [-0.2, 0) is 4.79 Å². The summed E-state index contributed by atoms with van der Waals surface area (Å²) in [5, 5.41) is 9.20. The van der Waals surface area contributed by atoms with Crippen molar-refractivity contribution in [1.29, 1.82) is 0 Å². The van der Waals surface area contributed by atoms with Crippen molar-refractivity contribution >= 4 is 23.5 Å². The molecule has 0 bridgehead atoms. The van der Waals surface area contributed by atoms with Gasteiger partial charge in [0.05, 0.1) is 5.02 Å². The second-order valence-electron chi connectivity index (χ2n) is 4.72. The molecule has 1 aromatic rings. The van der Waals surface area contributed by atoms with Crippen LogP contribution in [0.25, 0.3) is 0 Å². The number of aromatic nitrogens is 1. The van der Waals surface area contributed by atoms with E-state index < -0.39 is 36.4 Å². The smallest absolute Gasteiger partial charge is 0.406 e. The molecule has 1 unspecified atom stereocenters. The van der Waals surface area contributed by atoms with Crippen LogP contribution in [0.15, 0.2) is 18.3 Å². The molecule has 0 aliphatic carbocycles. The molecule has 5 nitrogen and oxygen atoms in total. The maximum Gasteiger partial charge on any atom is 0.406 e. The number of aliphatic carboxylic acids is 1. The third-order valence-electron chi connectivity index (χ3n) is 3.46. The number of carbonyl (C=O) groups excluding carboxylic acids is 1. The van der Waals surface area contributed by atoms with Gasteiger partial charge in [0.1, 0.15) is 5.69 Å². The number of likely N-dealkylation sites (tertiary alicyclic amines) is 1. The van der Waals surface area contributed by atoms with E-state index in [1.165, 1.54) is 18.3 Å². The lowest BCUT2D eigenvalue weighted by Gasteiger charge is -2.27. The minimum atomic E-state index is -4.93. The fraction of sp³-hybridized carbons (Fsp3) is 0.417. The second kappa shape index (κ2) is 5.18. The highest BCUT2D eigenvalue weighted by Crippen LogP contribution is 2.45. The topological polar surface area (TPSA) is 70.5 Å². The molecule has 0 spiro atoms. The van der Waals surface area contributed by atoms with Crippen LogP contribution >= 0.6 is 11.6 Å². The van der Waals surface area contributed by atoms with Gasteiger partial charge in [-0.3, -0.25) is 9.59 Å². The van der Waals surface area contributed by atoms with Crippen LogP contribution in [0.4, 0.5) is 13.2 Å². The lowest BCUT2D eigenvalue weighted by molar-refractivity contribution is -0.227. The Hall–Kier alpha value is -1.83. The molecule has 2 heterocycles. The van der Waals surface area contributed by atoms with Gasteiger partial charge in [-0.1, -0.05) is 11.6 Å². The van der Waals surface area contributed by atoms with Crippen LogP contribution in [-0.4, -0.2) is 46.1 Å². The van der Waals surface area contributed by atoms with Gasteiger partial charge >= 0.3 is 12.1 Å². The van der Waals surface area contributed by atoms with Crippen molar-refractivity contribution in [2.24, 2.45) is 5.41 Å². The number of amides is 1. The summed E-state index contributed by atoms with van der Waals surface area (Å²) in [6, 6.07) is 2.66. The summed E-state index contributed by atoms with van der Waals surface area (Å²) in [7, 11) is 0. The monoisotopic (exact) mass is 322 g/mol. The fourth-order valence-electron chi connectivity index (χ4n) is 2.17. The number of carboxylic acids is 1. The number of hydrogen-bond donors (Lipinski definition) is 1. The Bertz CT molecular complexity index is 576. The van der Waals surface area contributed by atoms with E-state index in [-0.39, 0.29) is 17.3 Å². The molecule has 1 fully saturated rings. The molecular weight excluding hydrogens is 313 g/mol. The van der Waals surface area contributed by atoms with E-state index in [1.54, 1.807) is 0 Å². The van der Waals surface area contributed by atoms with E-state index in [2.05, 4.69) is 4.98 Å². The number of nitrogens with zero attached hydrogens (tertiary/aromatic N) is 2. The summed E-state index contributed by atoms with van der Waals surface area (Å²) in [5.74, 6) is -2.73. The van der Waals surface area contributed by atoms with Crippen molar-refractivity contribution in [2.45, 2.75) is 12.6 Å². The first-order chi connectivity index (χ1) is 9.67. The molecule has 1 atom stereocenters. The molecule has 1 aromatic heterocycles. The number of rotatable bonds is 2. The number of hydrogen-bond acceptors (Lipinski definition) is 3. The number of pyridine rings is 1. The number of carboxylic acid groups (broad SMARTS) is 1. The van der Waals surface area contributed by atoms with Crippen LogP contribution < -0.4 is 0 Å². The standard InChI is InChI=1S/C12H10ClF3N2O3/c13-7-1-2-8(17-5-7)9(19)18-4-3-11(6-18,10(20)21)12(14,15)16/h1-2,5H,3-4,6H2,(H,20,21). The molecule has 1 N–H and O–H groups in total. The average molecular weight is 323 g/mol. The number of halogens is 4. The molecule has 0 saturated carbocycles. The highest BCUT2D eigenvalue weighted by Gasteiger charge is 2.64. The Kier molecular flexibility index (Phi) is 3.83. The maximum atomic E-state index is 13.0. The maximum absolute atomic E-state index is 13.0. The first-order valence-corrected chi connectivity index (χ1v) is 6.26. The van der Waals surface area contributed by atoms with Gasteiger partial charge in [0.2, 0.25) is 0 Å². The molecule has 1 saturated heterocycles. The zero-order valence-corrected chi connectivity index (χ0v) is 11.3. The molecule has 1 amide bonds. The Morgan fingerprint density at radius 1 is 1.38 bits per heavy atom. The Labute approximate surface area is 122 Å². The van der Waals surface area contributed by atoms with E-state index >= 15 is 0 Å². The van der Waals surface area contributed by atoms with Gasteiger partial charge in [0.25, 0.3) is 5.91 Å². The summed E-state index contributed by atoms with van der Waals surface area (Å²) in [6.07, 6.45) is -4.41. The van der Waals surface area contributed by atoms with Crippen LogP contribution in [0, 0.1) is 5.41 Å². The Morgan fingerprint density at radius 3 is 2.48 bits per heavy atom. The molecule has 0 aromatic carbocycles. The highest BCUT2D eigenvalue weighted by molar-refractivity contribution is 6.30. The van der Waals surface area contributed by atoms with E-state index in [9.17, 15) is 22.8 Å². The van der Waals surface area contributed by atoms with Crippen LogP contribution in [0.2, 0.25) is 5.02 Å². The predicted octanol–water partition coefficient (Wildman–Crippen LogP) is 2.21. The molecule has 2 rings (SSSR count). The Morgan fingerprint density at radius 2 is 2.05 bits per heavy atom. The summed E-state index contributed by atoms with van der Waals surface area (Å²) in [6.45, 7) is -1.22. The van der Waals surface area contributed by atoms with Gasteiger partial charge in [-0.25, -0.2) is 4.98 Å². The predicted molar refractivity (Wildman–Crippen MR) is 65.9 cm³/mol.